The number of pyridine rings is 1. The van der Waals surface area contributed by atoms with Crippen LogP contribution in [0, 0.1) is 17.2 Å². The van der Waals surface area contributed by atoms with Crippen LogP contribution in [-0.2, 0) is 0 Å². The van der Waals surface area contributed by atoms with E-state index in [1.165, 1.54) is 25.7 Å². The molecule has 4 heteroatoms. The fourth-order valence-corrected chi connectivity index (χ4v) is 2.64. The third-order valence-corrected chi connectivity index (χ3v) is 3.64. The van der Waals surface area contributed by atoms with Gasteiger partial charge >= 0.3 is 0 Å². The number of hydrogen-bond acceptors (Lipinski definition) is 4. The lowest BCUT2D eigenvalue weighted by molar-refractivity contribution is 0.377. The molecule has 2 N–H and O–H groups in total. The van der Waals surface area contributed by atoms with Gasteiger partial charge in [-0.15, -0.1) is 0 Å². The molecule has 0 bridgehead atoms. The van der Waals surface area contributed by atoms with Crippen LogP contribution in [0.15, 0.2) is 12.3 Å². The summed E-state index contributed by atoms with van der Waals surface area (Å²) in [7, 11) is 0. The molecular weight excluding hydrogens is 224 g/mol. The first-order valence-electron chi connectivity index (χ1n) is 6.65. The summed E-state index contributed by atoms with van der Waals surface area (Å²) in [5.41, 5.74) is 7.10. The number of nitriles is 1. The van der Waals surface area contributed by atoms with Gasteiger partial charge < -0.3 is 10.6 Å². The number of anilines is 2. The van der Waals surface area contributed by atoms with Crippen molar-refractivity contribution in [2.75, 3.05) is 23.7 Å². The van der Waals surface area contributed by atoms with Gasteiger partial charge in [-0.25, -0.2) is 4.98 Å². The van der Waals surface area contributed by atoms with Gasteiger partial charge in [-0.3, -0.25) is 0 Å². The van der Waals surface area contributed by atoms with Crippen molar-refractivity contribution in [2.24, 2.45) is 5.92 Å². The molecule has 1 saturated heterocycles. The van der Waals surface area contributed by atoms with Crippen LogP contribution in [0.3, 0.4) is 0 Å². The van der Waals surface area contributed by atoms with Crippen molar-refractivity contribution in [1.29, 1.82) is 5.26 Å². The van der Waals surface area contributed by atoms with Gasteiger partial charge in [0.15, 0.2) is 5.82 Å². The SMILES string of the molecule is CCCC1CCN(c2ncc(C#N)cc2N)CC1. The van der Waals surface area contributed by atoms with Gasteiger partial charge in [-0.05, 0) is 24.8 Å². The van der Waals surface area contributed by atoms with Crippen molar-refractivity contribution in [1.82, 2.24) is 4.98 Å². The van der Waals surface area contributed by atoms with E-state index in [9.17, 15) is 0 Å². The molecule has 0 aliphatic carbocycles. The zero-order valence-electron chi connectivity index (χ0n) is 10.9. The lowest BCUT2D eigenvalue weighted by Gasteiger charge is -2.33. The van der Waals surface area contributed by atoms with Crippen molar-refractivity contribution in [2.45, 2.75) is 32.6 Å². The highest BCUT2D eigenvalue weighted by Crippen LogP contribution is 2.28. The first-order chi connectivity index (χ1) is 8.74. The molecule has 96 valence electrons. The van der Waals surface area contributed by atoms with Gasteiger partial charge in [0.25, 0.3) is 0 Å². The third kappa shape index (κ3) is 2.73. The molecule has 0 saturated carbocycles. The number of nitrogens with zero attached hydrogens (tertiary/aromatic N) is 3. The van der Waals surface area contributed by atoms with Crippen LogP contribution in [0.2, 0.25) is 0 Å². The Kier molecular flexibility index (Phi) is 4.03. The number of nitrogens with two attached hydrogens (primary N) is 1. The van der Waals surface area contributed by atoms with E-state index in [2.05, 4.69) is 22.9 Å². The lowest BCUT2D eigenvalue weighted by atomic mass is 9.92. The predicted octanol–water partition coefficient (Wildman–Crippen LogP) is 2.55. The Bertz CT molecular complexity index is 442. The first-order valence-corrected chi connectivity index (χ1v) is 6.65. The fraction of sp³-hybridized carbons (Fsp3) is 0.571. The Balaban J connectivity index is 2.04. The maximum atomic E-state index is 8.80. The normalized spacial score (nSPS) is 16.6. The highest BCUT2D eigenvalue weighted by Gasteiger charge is 2.20. The van der Waals surface area contributed by atoms with E-state index in [1.807, 2.05) is 0 Å². The summed E-state index contributed by atoms with van der Waals surface area (Å²) >= 11 is 0. The van der Waals surface area contributed by atoms with Crippen molar-refractivity contribution < 1.29 is 0 Å². The van der Waals surface area contributed by atoms with E-state index in [1.54, 1.807) is 12.3 Å². The number of piperidine rings is 1. The second-order valence-electron chi connectivity index (χ2n) is 4.97. The van der Waals surface area contributed by atoms with Crippen LogP contribution in [0.1, 0.15) is 38.2 Å². The van der Waals surface area contributed by atoms with Gasteiger partial charge in [-0.1, -0.05) is 19.8 Å². The Labute approximate surface area is 108 Å². The summed E-state index contributed by atoms with van der Waals surface area (Å²) in [5.74, 6) is 1.69. The average molecular weight is 244 g/mol. The van der Waals surface area contributed by atoms with E-state index < -0.39 is 0 Å². The lowest BCUT2D eigenvalue weighted by Crippen LogP contribution is -2.34. The van der Waals surface area contributed by atoms with Crippen LogP contribution in [-0.4, -0.2) is 18.1 Å². The maximum absolute atomic E-state index is 8.80. The van der Waals surface area contributed by atoms with Gasteiger partial charge in [0.2, 0.25) is 0 Å². The zero-order valence-corrected chi connectivity index (χ0v) is 10.9. The maximum Gasteiger partial charge on any atom is 0.151 e. The van der Waals surface area contributed by atoms with E-state index in [4.69, 9.17) is 11.0 Å². The van der Waals surface area contributed by atoms with E-state index in [0.717, 1.165) is 24.8 Å². The summed E-state index contributed by atoms with van der Waals surface area (Å²) in [6.07, 6.45) is 6.62. The minimum absolute atomic E-state index is 0.525. The quantitative estimate of drug-likeness (QED) is 0.887. The minimum atomic E-state index is 0.525. The highest BCUT2D eigenvalue weighted by molar-refractivity contribution is 5.64. The molecule has 1 fully saturated rings. The molecular formula is C14H20N4. The van der Waals surface area contributed by atoms with Crippen LogP contribution < -0.4 is 10.6 Å². The van der Waals surface area contributed by atoms with Crippen LogP contribution in [0.4, 0.5) is 11.5 Å². The van der Waals surface area contributed by atoms with Crippen LogP contribution in [0.5, 0.6) is 0 Å². The Morgan fingerprint density at radius 2 is 2.22 bits per heavy atom. The zero-order chi connectivity index (χ0) is 13.0. The molecule has 18 heavy (non-hydrogen) atoms. The van der Waals surface area contributed by atoms with Gasteiger partial charge in [0.1, 0.15) is 6.07 Å². The molecule has 2 rings (SSSR count). The van der Waals surface area contributed by atoms with Crippen molar-refractivity contribution in [3.05, 3.63) is 17.8 Å². The number of nitrogen functional groups attached to an aromatic ring is 1. The number of rotatable bonds is 3. The third-order valence-electron chi connectivity index (χ3n) is 3.64. The molecule has 0 aromatic carbocycles. The predicted molar refractivity (Wildman–Crippen MR) is 73.2 cm³/mol. The molecule has 0 unspecified atom stereocenters. The van der Waals surface area contributed by atoms with Crippen LogP contribution in [0.25, 0.3) is 0 Å². The Morgan fingerprint density at radius 3 is 2.78 bits per heavy atom. The topological polar surface area (TPSA) is 65.9 Å². The largest absolute Gasteiger partial charge is 0.396 e. The molecule has 1 aromatic rings. The summed E-state index contributed by atoms with van der Waals surface area (Å²) in [5, 5.41) is 8.80. The number of aromatic nitrogens is 1. The molecule has 1 aromatic heterocycles. The molecule has 1 aliphatic rings. The van der Waals surface area contributed by atoms with Gasteiger partial charge in [0.05, 0.1) is 11.3 Å². The fourth-order valence-electron chi connectivity index (χ4n) is 2.64. The van der Waals surface area contributed by atoms with Crippen molar-refractivity contribution in [3.63, 3.8) is 0 Å². The molecule has 1 aliphatic heterocycles. The number of hydrogen-bond donors (Lipinski definition) is 1. The molecule has 0 amide bonds. The molecule has 2 heterocycles. The Morgan fingerprint density at radius 1 is 1.50 bits per heavy atom. The molecule has 0 radical (unpaired) electrons. The van der Waals surface area contributed by atoms with E-state index in [-0.39, 0.29) is 0 Å². The van der Waals surface area contributed by atoms with Crippen LogP contribution >= 0.6 is 0 Å². The molecule has 4 nitrogen and oxygen atoms in total. The molecule has 0 atom stereocenters. The standard InChI is InChI=1S/C14H20N4/c1-2-3-11-4-6-18(7-5-11)14-13(16)8-12(9-15)10-17-14/h8,10-11H,2-7,16H2,1H3. The summed E-state index contributed by atoms with van der Waals surface area (Å²) < 4.78 is 0. The second kappa shape index (κ2) is 5.72. The average Bonchev–Trinajstić information content (AvgIpc) is 2.40. The summed E-state index contributed by atoms with van der Waals surface area (Å²) in [6, 6.07) is 3.77. The summed E-state index contributed by atoms with van der Waals surface area (Å²) in [4.78, 5) is 6.56. The van der Waals surface area contributed by atoms with Gasteiger partial charge in [0, 0.05) is 19.3 Å². The van der Waals surface area contributed by atoms with Crippen molar-refractivity contribution in [3.8, 4) is 6.07 Å². The first kappa shape index (κ1) is 12.7. The minimum Gasteiger partial charge on any atom is -0.396 e. The van der Waals surface area contributed by atoms with E-state index in [0.29, 0.717) is 11.3 Å². The second-order valence-corrected chi connectivity index (χ2v) is 4.97. The van der Waals surface area contributed by atoms with E-state index >= 15 is 0 Å². The smallest absolute Gasteiger partial charge is 0.151 e. The summed E-state index contributed by atoms with van der Waals surface area (Å²) in [6.45, 7) is 4.29. The van der Waals surface area contributed by atoms with Gasteiger partial charge in [-0.2, -0.15) is 5.26 Å². The molecule has 0 spiro atoms. The van der Waals surface area contributed by atoms with Crippen molar-refractivity contribution >= 4 is 11.5 Å². The Hall–Kier alpha value is -1.76. The highest BCUT2D eigenvalue weighted by atomic mass is 15.2. The monoisotopic (exact) mass is 244 g/mol.